The van der Waals surface area contributed by atoms with Crippen molar-refractivity contribution in [3.63, 3.8) is 0 Å². The molecule has 2 aromatic heterocycles. The number of benzene rings is 1. The van der Waals surface area contributed by atoms with E-state index in [0.29, 0.717) is 18.7 Å². The summed E-state index contributed by atoms with van der Waals surface area (Å²) in [5, 5.41) is 14.2. The number of piperidine rings is 1. The summed E-state index contributed by atoms with van der Waals surface area (Å²) in [6.07, 6.45) is 5.40. The number of amides is 1. The van der Waals surface area contributed by atoms with Gasteiger partial charge in [0.15, 0.2) is 5.65 Å². The molecule has 0 radical (unpaired) electrons. The molecule has 2 fully saturated rings. The Hall–Kier alpha value is -3.18. The fraction of sp³-hybridized carbons (Fsp3) is 0.417. The summed E-state index contributed by atoms with van der Waals surface area (Å²) in [7, 11) is 0. The van der Waals surface area contributed by atoms with E-state index in [-0.39, 0.29) is 28.5 Å². The zero-order valence-corrected chi connectivity index (χ0v) is 19.1. The number of aromatic nitrogens is 3. The van der Waals surface area contributed by atoms with E-state index in [9.17, 15) is 14.4 Å². The van der Waals surface area contributed by atoms with Gasteiger partial charge in [-0.1, -0.05) is 11.6 Å². The highest BCUT2D eigenvalue weighted by Gasteiger charge is 2.32. The summed E-state index contributed by atoms with van der Waals surface area (Å²) >= 11 is 6.22. The predicted molar refractivity (Wildman–Crippen MR) is 123 cm³/mol. The summed E-state index contributed by atoms with van der Waals surface area (Å²) in [6, 6.07) is 7.90. The molecule has 0 bridgehead atoms. The molecule has 2 aliphatic rings. The fourth-order valence-corrected chi connectivity index (χ4v) is 5.06. The Labute approximate surface area is 196 Å². The van der Waals surface area contributed by atoms with Crippen molar-refractivity contribution in [1.82, 2.24) is 19.5 Å². The van der Waals surface area contributed by atoms with E-state index >= 15 is 0 Å². The highest BCUT2D eigenvalue weighted by molar-refractivity contribution is 6.33. The van der Waals surface area contributed by atoms with Gasteiger partial charge in [0.05, 0.1) is 34.3 Å². The van der Waals surface area contributed by atoms with Crippen LogP contribution >= 0.6 is 11.6 Å². The molecule has 2 atom stereocenters. The second-order valence-electron chi connectivity index (χ2n) is 8.81. The topological polar surface area (TPSA) is 77.5 Å². The SMILES string of the molecule is Cc1cn2nc(C3CCCCN3C(=O)c3cc(F)ccc3Cl)cc2nc1N1CCC(C#N)C1. The first kappa shape index (κ1) is 21.7. The normalized spacial score (nSPS) is 20.9. The van der Waals surface area contributed by atoms with E-state index in [4.69, 9.17) is 21.7 Å². The van der Waals surface area contributed by atoms with Gasteiger partial charge in [0.1, 0.15) is 11.6 Å². The van der Waals surface area contributed by atoms with Crippen LogP contribution in [0.25, 0.3) is 5.65 Å². The third-order valence-electron chi connectivity index (χ3n) is 6.56. The predicted octanol–water partition coefficient (Wildman–Crippen LogP) is 4.55. The Morgan fingerprint density at radius 3 is 2.88 bits per heavy atom. The number of aryl methyl sites for hydroxylation is 1. The van der Waals surface area contributed by atoms with Gasteiger partial charge < -0.3 is 9.80 Å². The molecule has 33 heavy (non-hydrogen) atoms. The van der Waals surface area contributed by atoms with Gasteiger partial charge in [-0.15, -0.1) is 0 Å². The summed E-state index contributed by atoms with van der Waals surface area (Å²) in [4.78, 5) is 22.0. The number of fused-ring (bicyclic) bond motifs is 1. The number of rotatable bonds is 3. The van der Waals surface area contributed by atoms with Gasteiger partial charge in [0, 0.05) is 37.5 Å². The van der Waals surface area contributed by atoms with Crippen molar-refractivity contribution in [1.29, 1.82) is 5.26 Å². The van der Waals surface area contributed by atoms with Crippen molar-refractivity contribution in [3.05, 3.63) is 58.1 Å². The smallest absolute Gasteiger partial charge is 0.256 e. The first-order valence-electron chi connectivity index (χ1n) is 11.2. The Kier molecular flexibility index (Phi) is 5.67. The molecule has 9 heteroatoms. The fourth-order valence-electron chi connectivity index (χ4n) is 4.86. The van der Waals surface area contributed by atoms with Crippen LogP contribution in [-0.4, -0.2) is 45.0 Å². The quantitative estimate of drug-likeness (QED) is 0.566. The maximum absolute atomic E-state index is 13.8. The van der Waals surface area contributed by atoms with Crippen molar-refractivity contribution < 1.29 is 9.18 Å². The zero-order chi connectivity index (χ0) is 23.1. The molecule has 2 aliphatic heterocycles. The van der Waals surface area contributed by atoms with E-state index in [2.05, 4.69) is 11.0 Å². The van der Waals surface area contributed by atoms with Crippen LogP contribution in [0.4, 0.5) is 10.2 Å². The minimum absolute atomic E-state index is 0.0272. The molecule has 0 N–H and O–H groups in total. The summed E-state index contributed by atoms with van der Waals surface area (Å²) in [5.74, 6) is 0.122. The van der Waals surface area contributed by atoms with Gasteiger partial charge in [0.25, 0.3) is 5.91 Å². The second kappa shape index (κ2) is 8.64. The number of hydrogen-bond donors (Lipinski definition) is 0. The lowest BCUT2D eigenvalue weighted by molar-refractivity contribution is 0.0605. The average molecular weight is 467 g/mol. The van der Waals surface area contributed by atoms with Gasteiger partial charge >= 0.3 is 0 Å². The molecule has 2 saturated heterocycles. The third-order valence-corrected chi connectivity index (χ3v) is 6.89. The van der Waals surface area contributed by atoms with Crippen LogP contribution in [0.3, 0.4) is 0 Å². The molecule has 0 saturated carbocycles. The molecule has 1 amide bonds. The first-order valence-corrected chi connectivity index (χ1v) is 11.6. The van der Waals surface area contributed by atoms with Gasteiger partial charge in [-0.2, -0.15) is 10.4 Å². The summed E-state index contributed by atoms with van der Waals surface area (Å²) in [6.45, 7) is 4.04. The van der Waals surface area contributed by atoms with Crippen LogP contribution in [0.5, 0.6) is 0 Å². The number of halogens is 2. The minimum Gasteiger partial charge on any atom is -0.355 e. The van der Waals surface area contributed by atoms with Gasteiger partial charge in [-0.05, 0) is 50.8 Å². The molecular formula is C24H24ClFN6O. The van der Waals surface area contributed by atoms with Crippen LogP contribution in [0.1, 0.15) is 53.3 Å². The number of carbonyl (C=O) groups excluding carboxylic acids is 1. The Bertz CT molecular complexity index is 1270. The standard InChI is InChI=1S/C24H24ClFN6O/c1-15-13-32-22(28-23(15)30-9-7-16(12-27)14-30)11-20(29-32)21-4-2-3-8-31(21)24(33)18-10-17(26)5-6-19(18)25/h5-6,10-11,13,16,21H,2-4,7-9,14H2,1H3. The van der Waals surface area contributed by atoms with Crippen LogP contribution in [-0.2, 0) is 0 Å². The molecule has 7 nitrogen and oxygen atoms in total. The number of nitriles is 1. The molecule has 5 rings (SSSR count). The van der Waals surface area contributed by atoms with Crippen LogP contribution in [0.15, 0.2) is 30.5 Å². The molecule has 170 valence electrons. The highest BCUT2D eigenvalue weighted by atomic mass is 35.5. The van der Waals surface area contributed by atoms with E-state index in [1.54, 1.807) is 9.42 Å². The van der Waals surface area contributed by atoms with Gasteiger partial charge in [-0.25, -0.2) is 13.9 Å². The van der Waals surface area contributed by atoms with Crippen molar-refractivity contribution in [3.8, 4) is 6.07 Å². The van der Waals surface area contributed by atoms with E-state index in [1.165, 1.54) is 18.2 Å². The highest BCUT2D eigenvalue weighted by Crippen LogP contribution is 2.34. The number of hydrogen-bond acceptors (Lipinski definition) is 5. The Balaban J connectivity index is 1.47. The first-order chi connectivity index (χ1) is 15.9. The van der Waals surface area contributed by atoms with Crippen molar-refractivity contribution >= 4 is 29.0 Å². The lowest BCUT2D eigenvalue weighted by Crippen LogP contribution is -2.38. The molecule has 3 aromatic rings. The van der Waals surface area contributed by atoms with Crippen LogP contribution < -0.4 is 4.90 Å². The van der Waals surface area contributed by atoms with Crippen LogP contribution in [0.2, 0.25) is 5.02 Å². The van der Waals surface area contributed by atoms with Crippen molar-refractivity contribution in [2.45, 2.75) is 38.6 Å². The number of likely N-dealkylation sites (tertiary alicyclic amines) is 1. The monoisotopic (exact) mass is 466 g/mol. The van der Waals surface area contributed by atoms with Crippen molar-refractivity contribution in [2.75, 3.05) is 24.5 Å². The molecule has 0 spiro atoms. The van der Waals surface area contributed by atoms with E-state index < -0.39 is 5.82 Å². The second-order valence-corrected chi connectivity index (χ2v) is 9.22. The maximum atomic E-state index is 13.8. The lowest BCUT2D eigenvalue weighted by atomic mass is 9.98. The van der Waals surface area contributed by atoms with E-state index in [0.717, 1.165) is 49.3 Å². The largest absolute Gasteiger partial charge is 0.355 e. The molecular weight excluding hydrogens is 443 g/mol. The molecule has 1 aromatic carbocycles. The Morgan fingerprint density at radius 1 is 1.24 bits per heavy atom. The zero-order valence-electron chi connectivity index (χ0n) is 18.3. The number of nitrogens with zero attached hydrogens (tertiary/aromatic N) is 6. The maximum Gasteiger partial charge on any atom is 0.256 e. The molecule has 0 aliphatic carbocycles. The third kappa shape index (κ3) is 4.02. The lowest BCUT2D eigenvalue weighted by Gasteiger charge is -2.35. The Morgan fingerprint density at radius 2 is 2.09 bits per heavy atom. The average Bonchev–Trinajstić information content (AvgIpc) is 3.46. The van der Waals surface area contributed by atoms with Crippen LogP contribution in [0, 0.1) is 30.0 Å². The van der Waals surface area contributed by atoms with E-state index in [1.807, 2.05) is 19.2 Å². The van der Waals surface area contributed by atoms with Gasteiger partial charge in [-0.3, -0.25) is 4.79 Å². The number of anilines is 1. The number of carbonyl (C=O) groups is 1. The van der Waals surface area contributed by atoms with Gasteiger partial charge in [0.2, 0.25) is 0 Å². The minimum atomic E-state index is -0.489. The van der Waals surface area contributed by atoms with Crippen molar-refractivity contribution in [2.24, 2.45) is 5.92 Å². The molecule has 4 heterocycles. The molecule has 2 unspecified atom stereocenters. The summed E-state index contributed by atoms with van der Waals surface area (Å²) in [5.41, 5.74) is 2.62. The summed E-state index contributed by atoms with van der Waals surface area (Å²) < 4.78 is 15.6.